The lowest BCUT2D eigenvalue weighted by atomic mass is 10.1. The normalized spacial score (nSPS) is 17.5. The number of hydrogen-bond donors (Lipinski definition) is 1. The van der Waals surface area contributed by atoms with Gasteiger partial charge in [-0.1, -0.05) is 55.1 Å². The van der Waals surface area contributed by atoms with E-state index in [0.29, 0.717) is 11.3 Å². The number of aliphatic imine (C=N–C) groups is 1. The molecule has 0 radical (unpaired) electrons. The quantitative estimate of drug-likeness (QED) is 0.775. The minimum Gasteiger partial charge on any atom is -0.252 e. The van der Waals surface area contributed by atoms with Crippen molar-refractivity contribution in [1.82, 2.24) is 5.43 Å². The van der Waals surface area contributed by atoms with Crippen molar-refractivity contribution >= 4 is 22.6 Å². The Balaban J connectivity index is 1.78. The van der Waals surface area contributed by atoms with E-state index in [1.165, 1.54) is 23.9 Å². The summed E-state index contributed by atoms with van der Waals surface area (Å²) in [4.78, 5) is 4.66. The predicted molar refractivity (Wildman–Crippen MR) is 101 cm³/mol. The highest BCUT2D eigenvalue weighted by molar-refractivity contribution is 8.13. The fraction of sp³-hybridized carbons (Fsp3) is 0.316. The molecule has 0 aromatic heterocycles. The highest BCUT2D eigenvalue weighted by atomic mass is 32.2. The molecule has 0 aliphatic carbocycles. The SMILES string of the molecule is CCC1N=C(SCc2cccc(C(F)(F)F)c2)N(c2ccccc2C)N1. The van der Waals surface area contributed by atoms with E-state index >= 15 is 0 Å². The molecular weight excluding hydrogens is 359 g/mol. The summed E-state index contributed by atoms with van der Waals surface area (Å²) in [6, 6.07) is 13.4. The van der Waals surface area contributed by atoms with Gasteiger partial charge in [0.25, 0.3) is 0 Å². The van der Waals surface area contributed by atoms with Gasteiger partial charge in [0.15, 0.2) is 5.17 Å². The summed E-state index contributed by atoms with van der Waals surface area (Å²) in [5.74, 6) is 0.420. The number of nitrogens with zero attached hydrogens (tertiary/aromatic N) is 2. The van der Waals surface area contributed by atoms with Crippen molar-refractivity contribution in [2.24, 2.45) is 4.99 Å². The number of thioether (sulfide) groups is 1. The maximum Gasteiger partial charge on any atom is 0.416 e. The molecule has 1 aliphatic rings. The third-order valence-electron chi connectivity index (χ3n) is 4.10. The maximum absolute atomic E-state index is 12.9. The summed E-state index contributed by atoms with van der Waals surface area (Å²) < 4.78 is 38.7. The third kappa shape index (κ3) is 4.22. The molecule has 26 heavy (non-hydrogen) atoms. The van der Waals surface area contributed by atoms with E-state index in [0.717, 1.165) is 28.9 Å². The van der Waals surface area contributed by atoms with Gasteiger partial charge in [0, 0.05) is 5.75 Å². The largest absolute Gasteiger partial charge is 0.416 e. The first-order valence-electron chi connectivity index (χ1n) is 8.37. The molecule has 3 nitrogen and oxygen atoms in total. The van der Waals surface area contributed by atoms with Crippen LogP contribution in [0.5, 0.6) is 0 Å². The number of hydrazine groups is 1. The molecule has 0 spiro atoms. The van der Waals surface area contributed by atoms with Crippen LogP contribution in [0.3, 0.4) is 0 Å². The average molecular weight is 379 g/mol. The molecule has 7 heteroatoms. The molecule has 1 N–H and O–H groups in total. The number of nitrogens with one attached hydrogen (secondary N) is 1. The topological polar surface area (TPSA) is 27.6 Å². The van der Waals surface area contributed by atoms with E-state index in [4.69, 9.17) is 0 Å². The zero-order valence-electron chi connectivity index (χ0n) is 14.5. The minimum absolute atomic E-state index is 0.0291. The molecule has 1 heterocycles. The first-order valence-corrected chi connectivity index (χ1v) is 9.35. The van der Waals surface area contributed by atoms with Crippen LogP contribution in [0.15, 0.2) is 53.5 Å². The molecule has 0 saturated carbocycles. The van der Waals surface area contributed by atoms with Crippen molar-refractivity contribution in [3.8, 4) is 0 Å². The van der Waals surface area contributed by atoms with Gasteiger partial charge in [-0.25, -0.2) is 10.4 Å². The molecule has 1 atom stereocenters. The molecule has 2 aromatic rings. The van der Waals surface area contributed by atoms with Crippen molar-refractivity contribution in [1.29, 1.82) is 0 Å². The fourth-order valence-electron chi connectivity index (χ4n) is 2.68. The highest BCUT2D eigenvalue weighted by Gasteiger charge is 2.30. The lowest BCUT2D eigenvalue weighted by Gasteiger charge is -2.23. The third-order valence-corrected chi connectivity index (χ3v) is 5.12. The summed E-state index contributed by atoms with van der Waals surface area (Å²) in [6.07, 6.45) is -3.53. The average Bonchev–Trinajstić information content (AvgIpc) is 3.03. The van der Waals surface area contributed by atoms with Crippen molar-refractivity contribution in [3.05, 3.63) is 65.2 Å². The Hall–Kier alpha value is -1.99. The number of rotatable bonds is 4. The van der Waals surface area contributed by atoms with E-state index in [9.17, 15) is 13.2 Å². The van der Waals surface area contributed by atoms with E-state index < -0.39 is 11.7 Å². The molecule has 0 amide bonds. The van der Waals surface area contributed by atoms with Gasteiger partial charge in [0.2, 0.25) is 0 Å². The Morgan fingerprint density at radius 2 is 1.92 bits per heavy atom. The number of alkyl halides is 3. The van der Waals surface area contributed by atoms with Crippen LogP contribution < -0.4 is 10.4 Å². The summed E-state index contributed by atoms with van der Waals surface area (Å²) >= 11 is 1.43. The zero-order chi connectivity index (χ0) is 18.7. The second-order valence-corrected chi connectivity index (χ2v) is 7.02. The van der Waals surface area contributed by atoms with Crippen molar-refractivity contribution in [2.75, 3.05) is 5.01 Å². The Labute approximate surface area is 155 Å². The lowest BCUT2D eigenvalue weighted by molar-refractivity contribution is -0.137. The minimum atomic E-state index is -4.33. The number of benzene rings is 2. The van der Waals surface area contributed by atoms with Crippen LogP contribution in [-0.4, -0.2) is 11.3 Å². The van der Waals surface area contributed by atoms with E-state index in [-0.39, 0.29) is 6.17 Å². The monoisotopic (exact) mass is 379 g/mol. The van der Waals surface area contributed by atoms with E-state index in [2.05, 4.69) is 10.4 Å². The molecule has 0 fully saturated rings. The lowest BCUT2D eigenvalue weighted by Crippen LogP contribution is -2.40. The summed E-state index contributed by atoms with van der Waals surface area (Å²) in [6.45, 7) is 4.06. The maximum atomic E-state index is 12.9. The zero-order valence-corrected chi connectivity index (χ0v) is 15.4. The number of aryl methyl sites for hydroxylation is 1. The van der Waals surface area contributed by atoms with Gasteiger partial charge in [-0.05, 0) is 36.6 Å². The van der Waals surface area contributed by atoms with Gasteiger partial charge < -0.3 is 0 Å². The van der Waals surface area contributed by atoms with Gasteiger partial charge in [-0.3, -0.25) is 5.01 Å². The van der Waals surface area contributed by atoms with E-state index in [1.54, 1.807) is 6.07 Å². The second kappa shape index (κ2) is 7.72. The Bertz CT molecular complexity index is 805. The van der Waals surface area contributed by atoms with Crippen LogP contribution in [0.1, 0.15) is 30.0 Å². The first kappa shape index (κ1) is 18.8. The fourth-order valence-corrected chi connectivity index (χ4v) is 3.64. The smallest absolute Gasteiger partial charge is 0.252 e. The molecule has 3 rings (SSSR count). The molecule has 0 bridgehead atoms. The molecule has 0 saturated heterocycles. The second-order valence-electron chi connectivity index (χ2n) is 6.07. The number of halogens is 3. The van der Waals surface area contributed by atoms with Crippen LogP contribution in [0, 0.1) is 6.92 Å². The standard InChI is InChI=1S/C19H20F3N3S/c1-3-17-23-18(25(24-17)16-10-5-4-7-13(16)2)26-12-14-8-6-9-15(11-14)19(20,21)22/h4-11,17,24H,3,12H2,1-2H3. The number of para-hydroxylation sites is 1. The number of anilines is 1. The van der Waals surface area contributed by atoms with Crippen molar-refractivity contribution < 1.29 is 13.2 Å². The van der Waals surface area contributed by atoms with Gasteiger partial charge in [-0.15, -0.1) is 0 Å². The number of amidine groups is 1. The molecule has 2 aromatic carbocycles. The summed E-state index contributed by atoms with van der Waals surface area (Å²) in [5.41, 5.74) is 5.45. The summed E-state index contributed by atoms with van der Waals surface area (Å²) in [5, 5.41) is 2.70. The van der Waals surface area contributed by atoms with E-state index in [1.807, 2.05) is 43.1 Å². The van der Waals surface area contributed by atoms with Crippen LogP contribution in [0.25, 0.3) is 0 Å². The number of hydrogen-bond acceptors (Lipinski definition) is 4. The van der Waals surface area contributed by atoms with Crippen LogP contribution in [-0.2, 0) is 11.9 Å². The van der Waals surface area contributed by atoms with Crippen molar-refractivity contribution in [3.63, 3.8) is 0 Å². The Morgan fingerprint density at radius 1 is 1.15 bits per heavy atom. The Kier molecular flexibility index (Phi) is 5.58. The summed E-state index contributed by atoms with van der Waals surface area (Å²) in [7, 11) is 0. The van der Waals surface area contributed by atoms with Gasteiger partial charge in [0.05, 0.1) is 11.3 Å². The van der Waals surface area contributed by atoms with Crippen LogP contribution in [0.2, 0.25) is 0 Å². The van der Waals surface area contributed by atoms with Crippen LogP contribution in [0.4, 0.5) is 18.9 Å². The molecule has 1 unspecified atom stereocenters. The van der Waals surface area contributed by atoms with Crippen molar-refractivity contribution in [2.45, 2.75) is 38.4 Å². The first-order chi connectivity index (χ1) is 12.4. The van der Waals surface area contributed by atoms with Gasteiger partial charge >= 0.3 is 6.18 Å². The molecule has 138 valence electrons. The Morgan fingerprint density at radius 3 is 2.62 bits per heavy atom. The predicted octanol–water partition coefficient (Wildman–Crippen LogP) is 5.36. The highest BCUT2D eigenvalue weighted by Crippen LogP contribution is 2.31. The molecular formula is C19H20F3N3S. The van der Waals surface area contributed by atoms with Crippen LogP contribution >= 0.6 is 11.8 Å². The van der Waals surface area contributed by atoms with Gasteiger partial charge in [0.1, 0.15) is 6.17 Å². The van der Waals surface area contributed by atoms with Gasteiger partial charge in [-0.2, -0.15) is 13.2 Å². The molecule has 1 aliphatic heterocycles.